The van der Waals surface area contributed by atoms with Crippen molar-refractivity contribution in [3.05, 3.63) is 53.7 Å². The SMILES string of the molecule is Fc1ccccc1CNCc1ccon1. The van der Waals surface area contributed by atoms with Crippen molar-refractivity contribution >= 4 is 0 Å². The van der Waals surface area contributed by atoms with Crippen molar-refractivity contribution in [2.75, 3.05) is 0 Å². The Kier molecular flexibility index (Phi) is 3.09. The molecule has 2 rings (SSSR count). The molecule has 3 nitrogen and oxygen atoms in total. The van der Waals surface area contributed by atoms with E-state index in [1.165, 1.54) is 12.3 Å². The maximum Gasteiger partial charge on any atom is 0.127 e. The molecule has 1 aromatic carbocycles. The van der Waals surface area contributed by atoms with Gasteiger partial charge in [0.05, 0.1) is 5.69 Å². The molecule has 4 heteroatoms. The molecule has 0 radical (unpaired) electrons. The van der Waals surface area contributed by atoms with Gasteiger partial charge in [-0.3, -0.25) is 0 Å². The van der Waals surface area contributed by atoms with E-state index in [4.69, 9.17) is 0 Å². The van der Waals surface area contributed by atoms with Crippen LogP contribution in [-0.2, 0) is 13.1 Å². The van der Waals surface area contributed by atoms with Crippen molar-refractivity contribution in [1.29, 1.82) is 0 Å². The smallest absolute Gasteiger partial charge is 0.127 e. The molecule has 0 aliphatic heterocycles. The first-order chi connectivity index (χ1) is 7.36. The Morgan fingerprint density at radius 3 is 2.80 bits per heavy atom. The summed E-state index contributed by atoms with van der Waals surface area (Å²) < 4.78 is 17.9. The third kappa shape index (κ3) is 2.63. The standard InChI is InChI=1S/C11H11FN2O/c12-11-4-2-1-3-9(11)7-13-8-10-5-6-15-14-10/h1-6,13H,7-8H2. The van der Waals surface area contributed by atoms with E-state index in [9.17, 15) is 4.39 Å². The zero-order chi connectivity index (χ0) is 10.5. The molecular weight excluding hydrogens is 195 g/mol. The third-order valence-electron chi connectivity index (χ3n) is 2.07. The fraction of sp³-hybridized carbons (Fsp3) is 0.182. The maximum atomic E-state index is 13.2. The highest BCUT2D eigenvalue weighted by Crippen LogP contribution is 2.05. The van der Waals surface area contributed by atoms with Crippen LogP contribution in [-0.4, -0.2) is 5.16 Å². The number of benzene rings is 1. The first kappa shape index (κ1) is 9.86. The molecule has 1 heterocycles. The lowest BCUT2D eigenvalue weighted by Gasteiger charge is -2.03. The van der Waals surface area contributed by atoms with Gasteiger partial charge in [0.25, 0.3) is 0 Å². The first-order valence-electron chi connectivity index (χ1n) is 4.69. The van der Waals surface area contributed by atoms with Gasteiger partial charge in [0, 0.05) is 24.7 Å². The predicted molar refractivity (Wildman–Crippen MR) is 53.4 cm³/mol. The number of aromatic nitrogens is 1. The minimum Gasteiger partial charge on any atom is -0.364 e. The van der Waals surface area contributed by atoms with Gasteiger partial charge >= 0.3 is 0 Å². The zero-order valence-corrected chi connectivity index (χ0v) is 8.11. The van der Waals surface area contributed by atoms with Gasteiger partial charge < -0.3 is 9.84 Å². The second-order valence-corrected chi connectivity index (χ2v) is 3.19. The average Bonchev–Trinajstić information content (AvgIpc) is 2.74. The van der Waals surface area contributed by atoms with Gasteiger partial charge in [0.1, 0.15) is 12.1 Å². The highest BCUT2D eigenvalue weighted by Gasteiger charge is 2.00. The average molecular weight is 206 g/mol. The van der Waals surface area contributed by atoms with Crippen LogP contribution in [0.15, 0.2) is 41.1 Å². The second-order valence-electron chi connectivity index (χ2n) is 3.19. The fourth-order valence-electron chi connectivity index (χ4n) is 1.30. The van der Waals surface area contributed by atoms with Gasteiger partial charge in [-0.15, -0.1) is 0 Å². The van der Waals surface area contributed by atoms with Crippen molar-refractivity contribution in [2.24, 2.45) is 0 Å². The Balaban J connectivity index is 1.86. The van der Waals surface area contributed by atoms with Gasteiger partial charge in [0.2, 0.25) is 0 Å². The summed E-state index contributed by atoms with van der Waals surface area (Å²) in [7, 11) is 0. The lowest BCUT2D eigenvalue weighted by molar-refractivity contribution is 0.408. The van der Waals surface area contributed by atoms with Gasteiger partial charge in [-0.25, -0.2) is 4.39 Å². The van der Waals surface area contributed by atoms with E-state index < -0.39 is 0 Å². The molecule has 0 saturated carbocycles. The molecule has 1 aromatic heterocycles. The quantitative estimate of drug-likeness (QED) is 0.832. The Hall–Kier alpha value is -1.68. The normalized spacial score (nSPS) is 10.5. The van der Waals surface area contributed by atoms with E-state index >= 15 is 0 Å². The molecule has 0 spiro atoms. The summed E-state index contributed by atoms with van der Waals surface area (Å²) >= 11 is 0. The summed E-state index contributed by atoms with van der Waals surface area (Å²) in [4.78, 5) is 0. The second kappa shape index (κ2) is 4.70. The van der Waals surface area contributed by atoms with Crippen LogP contribution in [0.25, 0.3) is 0 Å². The topological polar surface area (TPSA) is 38.1 Å². The van der Waals surface area contributed by atoms with Gasteiger partial charge in [0.15, 0.2) is 0 Å². The van der Waals surface area contributed by atoms with Crippen LogP contribution >= 0.6 is 0 Å². The number of halogens is 1. The van der Waals surface area contributed by atoms with Crippen LogP contribution in [0.5, 0.6) is 0 Å². The molecule has 0 unspecified atom stereocenters. The highest BCUT2D eigenvalue weighted by molar-refractivity contribution is 5.17. The van der Waals surface area contributed by atoms with Crippen LogP contribution in [0.2, 0.25) is 0 Å². The molecule has 0 atom stereocenters. The van der Waals surface area contributed by atoms with Crippen molar-refractivity contribution < 1.29 is 8.91 Å². The summed E-state index contributed by atoms with van der Waals surface area (Å²) in [5, 5.41) is 6.82. The van der Waals surface area contributed by atoms with E-state index in [1.807, 2.05) is 6.07 Å². The molecule has 15 heavy (non-hydrogen) atoms. The minimum atomic E-state index is -0.190. The van der Waals surface area contributed by atoms with Crippen molar-refractivity contribution in [3.8, 4) is 0 Å². The molecular formula is C11H11FN2O. The maximum absolute atomic E-state index is 13.2. The molecule has 1 N–H and O–H groups in total. The Bertz CT molecular complexity index is 414. The van der Waals surface area contributed by atoms with Crippen LogP contribution < -0.4 is 5.32 Å². The number of nitrogens with zero attached hydrogens (tertiary/aromatic N) is 1. The largest absolute Gasteiger partial charge is 0.364 e. The number of hydrogen-bond acceptors (Lipinski definition) is 3. The lowest BCUT2D eigenvalue weighted by atomic mass is 10.2. The predicted octanol–water partition coefficient (Wildman–Crippen LogP) is 2.10. The molecule has 0 bridgehead atoms. The summed E-state index contributed by atoms with van der Waals surface area (Å²) in [5.74, 6) is -0.190. The summed E-state index contributed by atoms with van der Waals surface area (Å²) in [6.07, 6.45) is 1.51. The molecule has 0 saturated heterocycles. The third-order valence-corrected chi connectivity index (χ3v) is 2.07. The Morgan fingerprint density at radius 1 is 1.20 bits per heavy atom. The minimum absolute atomic E-state index is 0.190. The molecule has 78 valence electrons. The van der Waals surface area contributed by atoms with Crippen LogP contribution in [0.4, 0.5) is 4.39 Å². The van der Waals surface area contributed by atoms with Crippen LogP contribution in [0.1, 0.15) is 11.3 Å². The van der Waals surface area contributed by atoms with E-state index in [1.54, 1.807) is 18.2 Å². The number of rotatable bonds is 4. The zero-order valence-electron chi connectivity index (χ0n) is 8.11. The van der Waals surface area contributed by atoms with Gasteiger partial charge in [-0.2, -0.15) is 0 Å². The van der Waals surface area contributed by atoms with Gasteiger partial charge in [-0.05, 0) is 6.07 Å². The van der Waals surface area contributed by atoms with E-state index in [2.05, 4.69) is 15.0 Å². The summed E-state index contributed by atoms with van der Waals surface area (Å²) in [6.45, 7) is 1.06. The number of nitrogens with one attached hydrogen (secondary N) is 1. The van der Waals surface area contributed by atoms with Crippen LogP contribution in [0, 0.1) is 5.82 Å². The summed E-state index contributed by atoms with van der Waals surface area (Å²) in [6, 6.07) is 8.47. The van der Waals surface area contributed by atoms with E-state index in [0.717, 1.165) is 5.69 Å². The Morgan fingerprint density at radius 2 is 2.07 bits per heavy atom. The van der Waals surface area contributed by atoms with E-state index in [0.29, 0.717) is 18.7 Å². The lowest BCUT2D eigenvalue weighted by Crippen LogP contribution is -2.13. The van der Waals surface area contributed by atoms with Gasteiger partial charge in [-0.1, -0.05) is 23.4 Å². The first-order valence-corrected chi connectivity index (χ1v) is 4.69. The van der Waals surface area contributed by atoms with E-state index in [-0.39, 0.29) is 5.82 Å². The number of hydrogen-bond donors (Lipinski definition) is 1. The van der Waals surface area contributed by atoms with Crippen molar-refractivity contribution in [3.63, 3.8) is 0 Å². The highest BCUT2D eigenvalue weighted by atomic mass is 19.1. The summed E-state index contributed by atoms with van der Waals surface area (Å²) in [5.41, 5.74) is 1.47. The van der Waals surface area contributed by atoms with Crippen LogP contribution in [0.3, 0.4) is 0 Å². The molecule has 0 fully saturated rings. The Labute approximate surface area is 86.9 Å². The molecule has 2 aromatic rings. The molecule has 0 amide bonds. The fourth-order valence-corrected chi connectivity index (χ4v) is 1.30. The van der Waals surface area contributed by atoms with Crippen molar-refractivity contribution in [1.82, 2.24) is 10.5 Å². The molecule has 0 aliphatic carbocycles. The molecule has 0 aliphatic rings. The van der Waals surface area contributed by atoms with Crippen molar-refractivity contribution in [2.45, 2.75) is 13.1 Å². The monoisotopic (exact) mass is 206 g/mol.